The molecule has 0 radical (unpaired) electrons. The number of amides is 1. The second kappa shape index (κ2) is 9.67. The molecule has 0 spiro atoms. The largest absolute Gasteiger partial charge is 0.454 e. The van der Waals surface area contributed by atoms with Gasteiger partial charge in [0.15, 0.2) is 22.3 Å². The standard InChI is InChI=1S/C22H24N6O4S/c1-33-22-25-20(27-8-10-30-11-9-27)16-13-24-28(21(16)26-22)7-6-23-19(29)5-3-15-2-4-17-18(12-15)32-14-31-17/h2-5,12-13H,6-11,14H2,1H3,(H,23,29). The van der Waals surface area contributed by atoms with E-state index in [-0.39, 0.29) is 12.7 Å². The van der Waals surface area contributed by atoms with E-state index < -0.39 is 0 Å². The number of nitrogens with one attached hydrogen (secondary N) is 1. The van der Waals surface area contributed by atoms with Crippen LogP contribution in [0.3, 0.4) is 0 Å². The van der Waals surface area contributed by atoms with E-state index in [0.717, 1.165) is 35.5 Å². The summed E-state index contributed by atoms with van der Waals surface area (Å²) in [7, 11) is 0. The highest BCUT2D eigenvalue weighted by molar-refractivity contribution is 7.98. The first-order valence-electron chi connectivity index (χ1n) is 10.7. The molecular weight excluding hydrogens is 444 g/mol. The molecule has 1 amide bonds. The minimum Gasteiger partial charge on any atom is -0.454 e. The first-order chi connectivity index (χ1) is 16.2. The van der Waals surface area contributed by atoms with Gasteiger partial charge in [-0.15, -0.1) is 0 Å². The van der Waals surface area contributed by atoms with Gasteiger partial charge >= 0.3 is 0 Å². The van der Waals surface area contributed by atoms with Crippen LogP contribution >= 0.6 is 11.8 Å². The Kier molecular flexibility index (Phi) is 6.31. The number of hydrogen-bond acceptors (Lipinski definition) is 9. The lowest BCUT2D eigenvalue weighted by Crippen LogP contribution is -2.37. The fourth-order valence-electron chi connectivity index (χ4n) is 3.72. The molecule has 0 unspecified atom stereocenters. The van der Waals surface area contributed by atoms with Crippen LogP contribution in [0.2, 0.25) is 0 Å². The fourth-order valence-corrected chi connectivity index (χ4v) is 4.08. The first-order valence-corrected chi connectivity index (χ1v) is 11.9. The van der Waals surface area contributed by atoms with Crippen molar-refractivity contribution in [1.82, 2.24) is 25.1 Å². The maximum Gasteiger partial charge on any atom is 0.244 e. The van der Waals surface area contributed by atoms with Crippen LogP contribution in [0.5, 0.6) is 11.5 Å². The minimum atomic E-state index is -0.183. The predicted molar refractivity (Wildman–Crippen MR) is 125 cm³/mol. The second-order valence-corrected chi connectivity index (χ2v) is 8.25. The lowest BCUT2D eigenvalue weighted by atomic mass is 10.2. The third-order valence-corrected chi connectivity index (χ3v) is 5.94. The number of hydrogen-bond donors (Lipinski definition) is 1. The number of fused-ring (bicyclic) bond motifs is 2. The Morgan fingerprint density at radius 1 is 1.21 bits per heavy atom. The minimum absolute atomic E-state index is 0.183. The molecule has 33 heavy (non-hydrogen) atoms. The Morgan fingerprint density at radius 3 is 2.91 bits per heavy atom. The van der Waals surface area contributed by atoms with E-state index in [9.17, 15) is 4.79 Å². The quantitative estimate of drug-likeness (QED) is 0.316. The van der Waals surface area contributed by atoms with Crippen molar-refractivity contribution in [3.05, 3.63) is 36.0 Å². The van der Waals surface area contributed by atoms with E-state index in [1.165, 1.54) is 17.8 Å². The van der Waals surface area contributed by atoms with E-state index in [2.05, 4.69) is 20.3 Å². The SMILES string of the molecule is CSc1nc(N2CCOCC2)c2cnn(CCNC(=O)C=Cc3ccc4c(c3)OCO4)c2n1. The highest BCUT2D eigenvalue weighted by atomic mass is 32.2. The monoisotopic (exact) mass is 468 g/mol. The van der Waals surface area contributed by atoms with Gasteiger partial charge in [0.25, 0.3) is 0 Å². The molecule has 4 heterocycles. The summed E-state index contributed by atoms with van der Waals surface area (Å²) in [5, 5.41) is 9.00. The highest BCUT2D eigenvalue weighted by Crippen LogP contribution is 2.32. The van der Waals surface area contributed by atoms with Crippen molar-refractivity contribution < 1.29 is 19.0 Å². The van der Waals surface area contributed by atoms with Crippen molar-refractivity contribution in [1.29, 1.82) is 0 Å². The van der Waals surface area contributed by atoms with Gasteiger partial charge in [-0.1, -0.05) is 17.8 Å². The van der Waals surface area contributed by atoms with Crippen LogP contribution in [-0.2, 0) is 16.1 Å². The van der Waals surface area contributed by atoms with E-state index in [4.69, 9.17) is 19.2 Å². The molecule has 0 bridgehead atoms. The maximum absolute atomic E-state index is 12.3. The Labute approximate surface area is 194 Å². The smallest absolute Gasteiger partial charge is 0.244 e. The van der Waals surface area contributed by atoms with Crippen molar-refractivity contribution in [2.45, 2.75) is 11.7 Å². The zero-order valence-corrected chi connectivity index (χ0v) is 19.0. The van der Waals surface area contributed by atoms with Gasteiger partial charge in [-0.05, 0) is 30.0 Å². The van der Waals surface area contributed by atoms with Gasteiger partial charge in [0.1, 0.15) is 5.82 Å². The topological polar surface area (TPSA) is 104 Å². The number of morpholine rings is 1. The molecule has 172 valence electrons. The average molecular weight is 469 g/mol. The van der Waals surface area contributed by atoms with Crippen LogP contribution in [0.1, 0.15) is 5.56 Å². The van der Waals surface area contributed by atoms with Crippen LogP contribution in [0.25, 0.3) is 17.1 Å². The van der Waals surface area contributed by atoms with Crippen LogP contribution < -0.4 is 19.7 Å². The molecule has 2 aromatic heterocycles. The third-order valence-electron chi connectivity index (χ3n) is 5.40. The normalized spacial score (nSPS) is 15.5. The van der Waals surface area contributed by atoms with E-state index in [1.807, 2.05) is 29.1 Å². The van der Waals surface area contributed by atoms with Crippen molar-refractivity contribution in [2.75, 3.05) is 50.8 Å². The van der Waals surface area contributed by atoms with E-state index in [0.29, 0.717) is 43.0 Å². The number of thioether (sulfide) groups is 1. The Bertz CT molecular complexity index is 1190. The number of ether oxygens (including phenoxy) is 3. The summed E-state index contributed by atoms with van der Waals surface area (Å²) in [4.78, 5) is 23.9. The summed E-state index contributed by atoms with van der Waals surface area (Å²) in [6.45, 7) is 4.09. The fraction of sp³-hybridized carbons (Fsp3) is 0.364. The van der Waals surface area contributed by atoms with Gasteiger partial charge in [-0.3, -0.25) is 4.79 Å². The van der Waals surface area contributed by atoms with Crippen molar-refractivity contribution in [3.63, 3.8) is 0 Å². The highest BCUT2D eigenvalue weighted by Gasteiger charge is 2.20. The third kappa shape index (κ3) is 4.74. The van der Waals surface area contributed by atoms with Crippen molar-refractivity contribution in [2.24, 2.45) is 0 Å². The van der Waals surface area contributed by atoms with Crippen molar-refractivity contribution >= 4 is 40.6 Å². The summed E-state index contributed by atoms with van der Waals surface area (Å²) in [6, 6.07) is 5.55. The molecule has 11 heteroatoms. The van der Waals surface area contributed by atoms with E-state index in [1.54, 1.807) is 12.3 Å². The molecule has 1 fully saturated rings. The molecular formula is C22H24N6O4S. The number of nitrogens with zero attached hydrogens (tertiary/aromatic N) is 5. The summed E-state index contributed by atoms with van der Waals surface area (Å²) in [5.74, 6) is 2.10. The molecule has 1 saturated heterocycles. The number of carbonyl (C=O) groups is 1. The molecule has 10 nitrogen and oxygen atoms in total. The number of carbonyl (C=O) groups excluding carboxylic acids is 1. The van der Waals surface area contributed by atoms with Crippen LogP contribution in [0, 0.1) is 0 Å². The summed E-state index contributed by atoms with van der Waals surface area (Å²) in [6.07, 6.45) is 7.00. The molecule has 1 aromatic carbocycles. The van der Waals surface area contributed by atoms with Gasteiger partial charge in [-0.2, -0.15) is 5.10 Å². The van der Waals surface area contributed by atoms with E-state index >= 15 is 0 Å². The summed E-state index contributed by atoms with van der Waals surface area (Å²) >= 11 is 1.50. The van der Waals surface area contributed by atoms with Gasteiger partial charge in [-0.25, -0.2) is 14.6 Å². The summed E-state index contributed by atoms with van der Waals surface area (Å²) in [5.41, 5.74) is 1.63. The molecule has 2 aliphatic rings. The number of benzene rings is 1. The van der Waals surface area contributed by atoms with Gasteiger partial charge in [0, 0.05) is 25.7 Å². The molecule has 1 N–H and O–H groups in total. The predicted octanol–water partition coefficient (Wildman–Crippen LogP) is 1.94. The van der Waals surface area contributed by atoms with Crippen LogP contribution in [0.15, 0.2) is 35.6 Å². The molecule has 2 aliphatic heterocycles. The first kappa shape index (κ1) is 21.5. The zero-order valence-electron chi connectivity index (χ0n) is 18.2. The van der Waals surface area contributed by atoms with Crippen LogP contribution in [-0.4, -0.2) is 71.6 Å². The van der Waals surface area contributed by atoms with Gasteiger partial charge in [0.2, 0.25) is 12.7 Å². The number of aromatic nitrogens is 4. The number of anilines is 1. The van der Waals surface area contributed by atoms with Crippen LogP contribution in [0.4, 0.5) is 5.82 Å². The molecule has 5 rings (SSSR count). The zero-order chi connectivity index (χ0) is 22.6. The molecule has 0 saturated carbocycles. The second-order valence-electron chi connectivity index (χ2n) is 7.48. The lowest BCUT2D eigenvalue weighted by Gasteiger charge is -2.28. The Morgan fingerprint density at radius 2 is 2.06 bits per heavy atom. The molecule has 3 aromatic rings. The van der Waals surface area contributed by atoms with Crippen molar-refractivity contribution in [3.8, 4) is 11.5 Å². The number of rotatable bonds is 7. The Balaban J connectivity index is 1.23. The molecule has 0 aliphatic carbocycles. The van der Waals surface area contributed by atoms with Gasteiger partial charge in [0.05, 0.1) is 31.3 Å². The van der Waals surface area contributed by atoms with Gasteiger partial charge < -0.3 is 24.4 Å². The Hall–Kier alpha value is -3.31. The average Bonchev–Trinajstić information content (AvgIpc) is 3.49. The lowest BCUT2D eigenvalue weighted by molar-refractivity contribution is -0.116. The maximum atomic E-state index is 12.3. The molecule has 0 atom stereocenters. The summed E-state index contributed by atoms with van der Waals surface area (Å²) < 4.78 is 17.9.